The maximum atomic E-state index is 11.0. The highest BCUT2D eigenvalue weighted by molar-refractivity contribution is 9.10. The number of carboxylic acid groups (broad SMARTS) is 1. The summed E-state index contributed by atoms with van der Waals surface area (Å²) in [5.74, 6) is -0.548. The van der Waals surface area contributed by atoms with Crippen molar-refractivity contribution in [2.24, 2.45) is 0 Å². The van der Waals surface area contributed by atoms with Crippen molar-refractivity contribution in [2.45, 2.75) is 18.6 Å². The molecule has 0 radical (unpaired) electrons. The van der Waals surface area contributed by atoms with E-state index in [1.54, 1.807) is 24.0 Å². The van der Waals surface area contributed by atoms with Crippen molar-refractivity contribution in [1.29, 1.82) is 0 Å². The van der Waals surface area contributed by atoms with Crippen molar-refractivity contribution < 1.29 is 9.90 Å². The molecule has 1 atom stereocenters. The Bertz CT molecular complexity index is 401. The first-order valence-electron chi connectivity index (χ1n) is 5.20. The SMILES string of the molecule is CSC(C)CCNc1ncc(Br)cc1C(=O)O. The first kappa shape index (κ1) is 14.3. The average molecular weight is 319 g/mol. The zero-order valence-corrected chi connectivity index (χ0v) is 12.1. The van der Waals surface area contributed by atoms with Gasteiger partial charge in [-0.2, -0.15) is 11.8 Å². The lowest BCUT2D eigenvalue weighted by molar-refractivity contribution is 0.0697. The van der Waals surface area contributed by atoms with Crippen LogP contribution < -0.4 is 5.32 Å². The molecule has 0 fully saturated rings. The maximum absolute atomic E-state index is 11.0. The Morgan fingerprint density at radius 2 is 2.41 bits per heavy atom. The van der Waals surface area contributed by atoms with E-state index in [0.717, 1.165) is 13.0 Å². The van der Waals surface area contributed by atoms with E-state index >= 15 is 0 Å². The summed E-state index contributed by atoms with van der Waals surface area (Å²) in [6, 6.07) is 1.55. The van der Waals surface area contributed by atoms with Gasteiger partial charge in [0.05, 0.1) is 0 Å². The highest BCUT2D eigenvalue weighted by Crippen LogP contribution is 2.18. The van der Waals surface area contributed by atoms with E-state index in [1.165, 1.54) is 0 Å². The van der Waals surface area contributed by atoms with E-state index < -0.39 is 5.97 Å². The van der Waals surface area contributed by atoms with Gasteiger partial charge in [0.15, 0.2) is 0 Å². The number of hydrogen-bond donors (Lipinski definition) is 2. The maximum Gasteiger partial charge on any atom is 0.339 e. The Labute approximate surface area is 113 Å². The van der Waals surface area contributed by atoms with Gasteiger partial charge in [-0.3, -0.25) is 0 Å². The van der Waals surface area contributed by atoms with Crippen molar-refractivity contribution in [1.82, 2.24) is 4.98 Å². The fourth-order valence-corrected chi connectivity index (χ4v) is 1.94. The van der Waals surface area contributed by atoms with Gasteiger partial charge in [0.25, 0.3) is 0 Å². The molecular formula is C11H15BrN2O2S. The van der Waals surface area contributed by atoms with E-state index in [4.69, 9.17) is 5.11 Å². The number of pyridine rings is 1. The molecule has 17 heavy (non-hydrogen) atoms. The predicted molar refractivity (Wildman–Crippen MR) is 75.0 cm³/mol. The van der Waals surface area contributed by atoms with Crippen LogP contribution in [0.15, 0.2) is 16.7 Å². The molecular weight excluding hydrogens is 304 g/mol. The molecule has 94 valence electrons. The summed E-state index contributed by atoms with van der Waals surface area (Å²) in [6.07, 6.45) is 4.62. The number of nitrogens with zero attached hydrogens (tertiary/aromatic N) is 1. The standard InChI is InChI=1S/C11H15BrN2O2S/c1-7(17-2)3-4-13-10-9(11(15)16)5-8(12)6-14-10/h5-7H,3-4H2,1-2H3,(H,13,14)(H,15,16). The Morgan fingerprint density at radius 3 is 3.00 bits per heavy atom. The zero-order chi connectivity index (χ0) is 12.8. The second-order valence-electron chi connectivity index (χ2n) is 3.62. The summed E-state index contributed by atoms with van der Waals surface area (Å²) in [4.78, 5) is 15.1. The Morgan fingerprint density at radius 1 is 1.71 bits per heavy atom. The number of anilines is 1. The van der Waals surface area contributed by atoms with Crippen molar-refractivity contribution in [2.75, 3.05) is 18.1 Å². The van der Waals surface area contributed by atoms with E-state index in [0.29, 0.717) is 15.5 Å². The summed E-state index contributed by atoms with van der Waals surface area (Å²) >= 11 is 5.00. The lowest BCUT2D eigenvalue weighted by Crippen LogP contribution is -2.12. The van der Waals surface area contributed by atoms with Gasteiger partial charge in [0.2, 0.25) is 0 Å². The quantitative estimate of drug-likeness (QED) is 0.844. The lowest BCUT2D eigenvalue weighted by atomic mass is 10.2. The molecule has 1 heterocycles. The zero-order valence-electron chi connectivity index (χ0n) is 9.74. The van der Waals surface area contributed by atoms with Crippen LogP contribution in [-0.2, 0) is 0 Å². The van der Waals surface area contributed by atoms with E-state index in [9.17, 15) is 4.79 Å². The molecule has 1 rings (SSSR count). The first-order valence-corrected chi connectivity index (χ1v) is 7.28. The average Bonchev–Trinajstić information content (AvgIpc) is 2.30. The number of carbonyl (C=O) groups is 1. The highest BCUT2D eigenvalue weighted by atomic mass is 79.9. The molecule has 0 saturated carbocycles. The highest BCUT2D eigenvalue weighted by Gasteiger charge is 2.11. The molecule has 0 aliphatic carbocycles. The summed E-state index contributed by atoms with van der Waals surface area (Å²) in [7, 11) is 0. The van der Waals surface area contributed by atoms with Crippen LogP contribution >= 0.6 is 27.7 Å². The van der Waals surface area contributed by atoms with Crippen molar-refractivity contribution in [3.8, 4) is 0 Å². The van der Waals surface area contributed by atoms with Crippen molar-refractivity contribution >= 4 is 39.5 Å². The molecule has 1 aromatic rings. The van der Waals surface area contributed by atoms with Gasteiger partial charge in [0, 0.05) is 22.5 Å². The molecule has 0 aromatic carbocycles. The van der Waals surface area contributed by atoms with Crippen LogP contribution in [0.5, 0.6) is 0 Å². The molecule has 1 unspecified atom stereocenters. The molecule has 6 heteroatoms. The Hall–Kier alpha value is -0.750. The largest absolute Gasteiger partial charge is 0.478 e. The Kier molecular flexibility index (Phi) is 5.77. The monoisotopic (exact) mass is 318 g/mol. The second-order valence-corrected chi connectivity index (χ2v) is 5.81. The molecule has 2 N–H and O–H groups in total. The van der Waals surface area contributed by atoms with Crippen LogP contribution in [0.4, 0.5) is 5.82 Å². The summed E-state index contributed by atoms with van der Waals surface area (Å²) in [6.45, 7) is 2.86. The summed E-state index contributed by atoms with van der Waals surface area (Å²) in [5.41, 5.74) is 0.191. The van der Waals surface area contributed by atoms with Crippen LogP contribution in [0.2, 0.25) is 0 Å². The van der Waals surface area contributed by atoms with Crippen LogP contribution in [0.25, 0.3) is 0 Å². The minimum atomic E-state index is -0.973. The third-order valence-corrected chi connectivity index (χ3v) is 3.80. The number of thioether (sulfide) groups is 1. The van der Waals surface area contributed by atoms with Crippen LogP contribution in [0.1, 0.15) is 23.7 Å². The molecule has 1 aromatic heterocycles. The molecule has 0 spiro atoms. The third-order valence-electron chi connectivity index (χ3n) is 2.33. The summed E-state index contributed by atoms with van der Waals surface area (Å²) in [5, 5.41) is 12.6. The van der Waals surface area contributed by atoms with E-state index in [1.807, 2.05) is 0 Å². The second kappa shape index (κ2) is 6.86. The number of carboxylic acids is 1. The van der Waals surface area contributed by atoms with Gasteiger partial charge >= 0.3 is 5.97 Å². The van der Waals surface area contributed by atoms with Crippen LogP contribution in [-0.4, -0.2) is 34.1 Å². The van der Waals surface area contributed by atoms with Gasteiger partial charge in [-0.05, 0) is 34.7 Å². The molecule has 0 bridgehead atoms. The van der Waals surface area contributed by atoms with Crippen molar-refractivity contribution in [3.63, 3.8) is 0 Å². The third kappa shape index (κ3) is 4.55. The predicted octanol–water partition coefficient (Wildman–Crippen LogP) is 3.10. The smallest absolute Gasteiger partial charge is 0.339 e. The number of nitrogens with one attached hydrogen (secondary N) is 1. The molecule has 0 aliphatic rings. The fraction of sp³-hybridized carbons (Fsp3) is 0.455. The first-order chi connectivity index (χ1) is 8.04. The number of rotatable bonds is 6. The van der Waals surface area contributed by atoms with Gasteiger partial charge in [-0.25, -0.2) is 9.78 Å². The fourth-order valence-electron chi connectivity index (χ4n) is 1.25. The molecule has 0 saturated heterocycles. The number of aromatic carboxylic acids is 1. The molecule has 0 aliphatic heterocycles. The van der Waals surface area contributed by atoms with Crippen molar-refractivity contribution in [3.05, 3.63) is 22.3 Å². The number of hydrogen-bond acceptors (Lipinski definition) is 4. The van der Waals surface area contributed by atoms with E-state index in [-0.39, 0.29) is 5.56 Å². The Balaban J connectivity index is 2.67. The lowest BCUT2D eigenvalue weighted by Gasteiger charge is -2.11. The van der Waals surface area contributed by atoms with Gasteiger partial charge in [-0.15, -0.1) is 0 Å². The van der Waals surface area contributed by atoms with Crippen LogP contribution in [0.3, 0.4) is 0 Å². The number of halogens is 1. The topological polar surface area (TPSA) is 62.2 Å². The normalized spacial score (nSPS) is 12.2. The molecule has 0 amide bonds. The number of aromatic nitrogens is 1. The van der Waals surface area contributed by atoms with Gasteiger partial charge in [-0.1, -0.05) is 6.92 Å². The minimum Gasteiger partial charge on any atom is -0.478 e. The summed E-state index contributed by atoms with van der Waals surface area (Å²) < 4.78 is 0.665. The van der Waals surface area contributed by atoms with Gasteiger partial charge in [0.1, 0.15) is 11.4 Å². The van der Waals surface area contributed by atoms with Crippen LogP contribution in [0, 0.1) is 0 Å². The molecule has 4 nitrogen and oxygen atoms in total. The van der Waals surface area contributed by atoms with E-state index in [2.05, 4.69) is 39.4 Å². The minimum absolute atomic E-state index is 0.191. The van der Waals surface area contributed by atoms with Gasteiger partial charge < -0.3 is 10.4 Å².